The van der Waals surface area contributed by atoms with E-state index < -0.39 is 36.3 Å². The third kappa shape index (κ3) is 3.37. The highest BCUT2D eigenvalue weighted by atomic mass is 16.8. The van der Waals surface area contributed by atoms with Crippen LogP contribution in [0.3, 0.4) is 0 Å². The number of benzene rings is 1. The number of aryl methyl sites for hydroxylation is 1. The fourth-order valence-corrected chi connectivity index (χ4v) is 2.83. The highest BCUT2D eigenvalue weighted by Crippen LogP contribution is 2.38. The highest BCUT2D eigenvalue weighted by Gasteiger charge is 2.54. The van der Waals surface area contributed by atoms with Crippen LogP contribution in [0.5, 0.6) is 0 Å². The average molecular weight is 333 g/mol. The van der Waals surface area contributed by atoms with Gasteiger partial charge in [-0.25, -0.2) is 4.79 Å². The van der Waals surface area contributed by atoms with Crippen molar-refractivity contribution in [2.75, 3.05) is 6.61 Å². The van der Waals surface area contributed by atoms with Crippen LogP contribution >= 0.6 is 0 Å². The molecule has 24 heavy (non-hydrogen) atoms. The monoisotopic (exact) mass is 333 g/mol. The average Bonchev–Trinajstić information content (AvgIpc) is 2.99. The van der Waals surface area contributed by atoms with E-state index in [0.717, 1.165) is 5.56 Å². The van der Waals surface area contributed by atoms with Crippen molar-refractivity contribution < 1.29 is 23.7 Å². The maximum Gasteiger partial charge on any atom is 0.338 e. The number of fused-ring (bicyclic) bond motifs is 1. The summed E-state index contributed by atoms with van der Waals surface area (Å²) in [6.45, 7) is 5.41. The van der Waals surface area contributed by atoms with Crippen LogP contribution in [0, 0.1) is 6.92 Å². The van der Waals surface area contributed by atoms with E-state index in [4.69, 9.17) is 24.5 Å². The van der Waals surface area contributed by atoms with E-state index in [2.05, 4.69) is 10.0 Å². The van der Waals surface area contributed by atoms with Crippen molar-refractivity contribution in [3.05, 3.63) is 45.8 Å². The molecule has 0 bridgehead atoms. The maximum atomic E-state index is 12.1. The molecule has 4 atom stereocenters. The van der Waals surface area contributed by atoms with E-state index in [1.165, 1.54) is 0 Å². The molecule has 0 aliphatic carbocycles. The zero-order valence-corrected chi connectivity index (χ0v) is 13.7. The molecule has 1 aromatic rings. The molecule has 2 aliphatic heterocycles. The van der Waals surface area contributed by atoms with Gasteiger partial charge in [0.1, 0.15) is 18.8 Å². The van der Waals surface area contributed by atoms with Gasteiger partial charge in [0.15, 0.2) is 12.1 Å². The molecule has 1 aromatic carbocycles. The van der Waals surface area contributed by atoms with Gasteiger partial charge in [0, 0.05) is 4.91 Å². The Morgan fingerprint density at radius 3 is 2.71 bits per heavy atom. The molecule has 2 heterocycles. The summed E-state index contributed by atoms with van der Waals surface area (Å²) in [5.41, 5.74) is 10.3. The number of rotatable bonds is 4. The van der Waals surface area contributed by atoms with Crippen molar-refractivity contribution in [2.45, 2.75) is 51.1 Å². The Morgan fingerprint density at radius 2 is 2.04 bits per heavy atom. The largest absolute Gasteiger partial charge is 0.459 e. The Labute approximate surface area is 139 Å². The first-order valence-electron chi connectivity index (χ1n) is 7.69. The van der Waals surface area contributed by atoms with Gasteiger partial charge in [-0.15, -0.1) is 0 Å². The molecule has 0 aromatic heterocycles. The van der Waals surface area contributed by atoms with Gasteiger partial charge in [0.2, 0.25) is 0 Å². The predicted octanol–water partition coefficient (Wildman–Crippen LogP) is 2.71. The number of esters is 1. The molecule has 128 valence electrons. The normalized spacial score (nSPS) is 30.5. The smallest absolute Gasteiger partial charge is 0.338 e. The number of hydrogen-bond acceptors (Lipinski definition) is 6. The third-order valence-corrected chi connectivity index (χ3v) is 3.97. The topological polar surface area (TPSA) is 103 Å². The zero-order chi connectivity index (χ0) is 17.3. The summed E-state index contributed by atoms with van der Waals surface area (Å²) >= 11 is 0. The van der Waals surface area contributed by atoms with E-state index in [1.807, 2.05) is 19.1 Å². The van der Waals surface area contributed by atoms with Crippen LogP contribution in [0.15, 0.2) is 29.4 Å². The van der Waals surface area contributed by atoms with Gasteiger partial charge in [-0.3, -0.25) is 0 Å². The van der Waals surface area contributed by atoms with Crippen LogP contribution < -0.4 is 0 Å². The van der Waals surface area contributed by atoms with Crippen molar-refractivity contribution >= 4 is 5.97 Å². The molecule has 0 radical (unpaired) electrons. The van der Waals surface area contributed by atoms with Gasteiger partial charge in [-0.1, -0.05) is 22.8 Å². The van der Waals surface area contributed by atoms with Gasteiger partial charge >= 0.3 is 5.97 Å². The van der Waals surface area contributed by atoms with Crippen LogP contribution in [0.1, 0.15) is 29.8 Å². The molecule has 0 unspecified atom stereocenters. The summed E-state index contributed by atoms with van der Waals surface area (Å²) < 4.78 is 22.3. The standard InChI is InChI=1S/C16H19N3O5/c1-9-4-6-10(7-5-9)14(20)21-8-11-12(18-19-17)13-15(22-11)24-16(2,3)23-13/h4-7,11-13,15H,8H2,1-3H3/t11-,12-,13-,15-/m1/s1. The van der Waals surface area contributed by atoms with Crippen LogP contribution in [0.2, 0.25) is 0 Å². The number of azide groups is 1. The summed E-state index contributed by atoms with van der Waals surface area (Å²) in [6, 6.07) is 6.44. The number of carbonyl (C=O) groups is 1. The van der Waals surface area contributed by atoms with Crippen molar-refractivity contribution in [1.82, 2.24) is 0 Å². The van der Waals surface area contributed by atoms with Gasteiger partial charge < -0.3 is 18.9 Å². The molecule has 8 nitrogen and oxygen atoms in total. The van der Waals surface area contributed by atoms with Gasteiger partial charge in [0.05, 0.1) is 11.6 Å². The Kier molecular flexibility index (Phi) is 4.47. The van der Waals surface area contributed by atoms with Gasteiger partial charge in [-0.2, -0.15) is 0 Å². The number of ether oxygens (including phenoxy) is 4. The van der Waals surface area contributed by atoms with E-state index in [9.17, 15) is 4.79 Å². The molecule has 0 N–H and O–H groups in total. The molecule has 2 aliphatic rings. The van der Waals surface area contributed by atoms with Crippen molar-refractivity contribution in [3.63, 3.8) is 0 Å². The Morgan fingerprint density at radius 1 is 1.33 bits per heavy atom. The summed E-state index contributed by atoms with van der Waals surface area (Å²) in [7, 11) is 0. The molecule has 0 saturated carbocycles. The first-order valence-corrected chi connectivity index (χ1v) is 7.69. The molecule has 0 spiro atoms. The quantitative estimate of drug-likeness (QED) is 0.365. The fourth-order valence-electron chi connectivity index (χ4n) is 2.83. The third-order valence-electron chi connectivity index (χ3n) is 3.97. The number of carbonyl (C=O) groups excluding carboxylic acids is 1. The van der Waals surface area contributed by atoms with Gasteiger partial charge in [-0.05, 0) is 38.4 Å². The summed E-state index contributed by atoms with van der Waals surface area (Å²) in [6.07, 6.45) is -1.76. The Balaban J connectivity index is 1.64. The highest BCUT2D eigenvalue weighted by molar-refractivity contribution is 5.89. The number of hydrogen-bond donors (Lipinski definition) is 0. The molecule has 3 rings (SSSR count). The van der Waals surface area contributed by atoms with Crippen LogP contribution in [0.4, 0.5) is 0 Å². The van der Waals surface area contributed by atoms with Crippen molar-refractivity contribution in [2.24, 2.45) is 5.11 Å². The van der Waals surface area contributed by atoms with E-state index in [-0.39, 0.29) is 6.61 Å². The minimum Gasteiger partial charge on any atom is -0.459 e. The number of nitrogens with zero attached hydrogens (tertiary/aromatic N) is 3. The second-order valence-electron chi connectivity index (χ2n) is 6.30. The molecule has 2 fully saturated rings. The zero-order valence-electron chi connectivity index (χ0n) is 13.7. The molecule has 0 amide bonds. The molecular formula is C16H19N3O5. The molecular weight excluding hydrogens is 314 g/mol. The van der Waals surface area contributed by atoms with Crippen molar-refractivity contribution in [1.29, 1.82) is 0 Å². The maximum absolute atomic E-state index is 12.1. The van der Waals surface area contributed by atoms with Crippen LogP contribution in [0.25, 0.3) is 10.4 Å². The SMILES string of the molecule is Cc1ccc(C(=O)OC[C@H]2O[C@@H]3OC(C)(C)O[C@@H]3[C@@H]2N=[N+]=[N-])cc1. The van der Waals surface area contributed by atoms with Crippen LogP contribution in [-0.4, -0.2) is 42.9 Å². The lowest BCUT2D eigenvalue weighted by atomic mass is 10.1. The van der Waals surface area contributed by atoms with Crippen LogP contribution in [-0.2, 0) is 18.9 Å². The van der Waals surface area contributed by atoms with E-state index in [1.54, 1.807) is 26.0 Å². The molecule has 2 saturated heterocycles. The predicted molar refractivity (Wildman–Crippen MR) is 83.1 cm³/mol. The Bertz CT molecular complexity index is 669. The van der Waals surface area contributed by atoms with Gasteiger partial charge in [0.25, 0.3) is 0 Å². The lowest BCUT2D eigenvalue weighted by Crippen LogP contribution is -2.35. The summed E-state index contributed by atoms with van der Waals surface area (Å²) in [5, 5.41) is 3.73. The van der Waals surface area contributed by atoms with Crippen molar-refractivity contribution in [3.8, 4) is 0 Å². The first kappa shape index (κ1) is 16.7. The lowest BCUT2D eigenvalue weighted by molar-refractivity contribution is -0.209. The first-order chi connectivity index (χ1) is 11.4. The Hall–Kier alpha value is -2.12. The minimum absolute atomic E-state index is 0.0451. The summed E-state index contributed by atoms with van der Waals surface area (Å²) in [4.78, 5) is 14.9. The molecule has 8 heteroatoms. The fraction of sp³-hybridized carbons (Fsp3) is 0.562. The second kappa shape index (κ2) is 6.41. The van der Waals surface area contributed by atoms with E-state index in [0.29, 0.717) is 5.56 Å². The minimum atomic E-state index is -0.803. The van der Waals surface area contributed by atoms with E-state index >= 15 is 0 Å². The summed E-state index contributed by atoms with van der Waals surface area (Å²) in [5.74, 6) is -1.26. The lowest BCUT2D eigenvalue weighted by Gasteiger charge is -2.23. The second-order valence-corrected chi connectivity index (χ2v) is 6.30.